The van der Waals surface area contributed by atoms with Crippen molar-refractivity contribution >= 4 is 0 Å². The van der Waals surface area contributed by atoms with E-state index in [1.54, 1.807) is 0 Å². The second kappa shape index (κ2) is 4.51. The van der Waals surface area contributed by atoms with Gasteiger partial charge in [0, 0.05) is 5.54 Å². The standard InChI is InChI=1S/C9H19N/c1-4-6-8-9(3,10)7-5-2/h4H,1,5-8,10H2,2-3H3. The molecule has 0 aliphatic carbocycles. The van der Waals surface area contributed by atoms with Crippen LogP contribution in [0.5, 0.6) is 0 Å². The zero-order chi connectivity index (χ0) is 8.04. The summed E-state index contributed by atoms with van der Waals surface area (Å²) in [5, 5.41) is 0. The lowest BCUT2D eigenvalue weighted by Crippen LogP contribution is -2.35. The van der Waals surface area contributed by atoms with Crippen molar-refractivity contribution < 1.29 is 0 Å². The van der Waals surface area contributed by atoms with Gasteiger partial charge in [0.15, 0.2) is 0 Å². The van der Waals surface area contributed by atoms with E-state index in [2.05, 4.69) is 20.4 Å². The molecule has 0 saturated heterocycles. The Hall–Kier alpha value is -0.300. The van der Waals surface area contributed by atoms with Crippen LogP contribution in [0.25, 0.3) is 0 Å². The van der Waals surface area contributed by atoms with Gasteiger partial charge in [0.1, 0.15) is 0 Å². The van der Waals surface area contributed by atoms with Crippen LogP contribution in [-0.4, -0.2) is 5.54 Å². The van der Waals surface area contributed by atoms with Crippen molar-refractivity contribution in [2.24, 2.45) is 5.73 Å². The van der Waals surface area contributed by atoms with Gasteiger partial charge < -0.3 is 5.73 Å². The van der Waals surface area contributed by atoms with Gasteiger partial charge in [-0.3, -0.25) is 0 Å². The highest BCUT2D eigenvalue weighted by Crippen LogP contribution is 2.14. The lowest BCUT2D eigenvalue weighted by atomic mass is 9.92. The summed E-state index contributed by atoms with van der Waals surface area (Å²) in [7, 11) is 0. The molecular formula is C9H19N. The summed E-state index contributed by atoms with van der Waals surface area (Å²) in [6.07, 6.45) is 6.31. The molecule has 0 aromatic carbocycles. The Bertz CT molecular complexity index is 94.9. The Morgan fingerprint density at radius 1 is 1.50 bits per heavy atom. The molecule has 1 heteroatoms. The van der Waals surface area contributed by atoms with Gasteiger partial charge in [0.05, 0.1) is 0 Å². The number of nitrogens with two attached hydrogens (primary N) is 1. The third-order valence-corrected chi connectivity index (χ3v) is 1.74. The molecule has 2 N–H and O–H groups in total. The summed E-state index contributed by atoms with van der Waals surface area (Å²) in [5.74, 6) is 0. The largest absolute Gasteiger partial charge is 0.325 e. The Kier molecular flexibility index (Phi) is 4.37. The lowest BCUT2D eigenvalue weighted by molar-refractivity contribution is 0.400. The van der Waals surface area contributed by atoms with Gasteiger partial charge in [0.25, 0.3) is 0 Å². The van der Waals surface area contributed by atoms with Crippen molar-refractivity contribution in [2.45, 2.75) is 45.1 Å². The van der Waals surface area contributed by atoms with Gasteiger partial charge in [-0.25, -0.2) is 0 Å². The molecule has 0 aromatic heterocycles. The van der Waals surface area contributed by atoms with Crippen LogP contribution in [0.3, 0.4) is 0 Å². The van der Waals surface area contributed by atoms with E-state index in [-0.39, 0.29) is 5.54 Å². The highest BCUT2D eigenvalue weighted by molar-refractivity contribution is 4.81. The highest BCUT2D eigenvalue weighted by Gasteiger charge is 2.14. The second-order valence-electron chi connectivity index (χ2n) is 3.23. The molecule has 0 saturated carbocycles. The summed E-state index contributed by atoms with van der Waals surface area (Å²) in [4.78, 5) is 0. The van der Waals surface area contributed by atoms with Crippen LogP contribution >= 0.6 is 0 Å². The minimum absolute atomic E-state index is 0.0307. The predicted octanol–water partition coefficient (Wildman–Crippen LogP) is 2.47. The summed E-state index contributed by atoms with van der Waals surface area (Å²) in [6.45, 7) is 7.95. The summed E-state index contributed by atoms with van der Waals surface area (Å²) < 4.78 is 0. The van der Waals surface area contributed by atoms with Crippen LogP contribution < -0.4 is 5.73 Å². The first-order chi connectivity index (χ1) is 4.62. The van der Waals surface area contributed by atoms with Crippen molar-refractivity contribution in [3.63, 3.8) is 0 Å². The number of hydrogen-bond donors (Lipinski definition) is 1. The molecule has 0 amide bonds. The molecule has 0 spiro atoms. The Morgan fingerprint density at radius 2 is 2.10 bits per heavy atom. The van der Waals surface area contributed by atoms with E-state index in [4.69, 9.17) is 5.73 Å². The molecule has 0 bridgehead atoms. The number of allylic oxidation sites excluding steroid dienone is 1. The van der Waals surface area contributed by atoms with E-state index in [9.17, 15) is 0 Å². The van der Waals surface area contributed by atoms with Gasteiger partial charge in [-0.15, -0.1) is 6.58 Å². The normalized spacial score (nSPS) is 16.3. The van der Waals surface area contributed by atoms with Crippen molar-refractivity contribution in [2.75, 3.05) is 0 Å². The average molecular weight is 141 g/mol. The molecule has 0 fully saturated rings. The molecule has 1 atom stereocenters. The molecule has 0 aliphatic heterocycles. The first-order valence-corrected chi connectivity index (χ1v) is 4.02. The van der Waals surface area contributed by atoms with E-state index in [0.29, 0.717) is 0 Å². The maximum atomic E-state index is 5.97. The zero-order valence-corrected chi connectivity index (χ0v) is 7.19. The Labute approximate surface area is 64.3 Å². The van der Waals surface area contributed by atoms with Crippen LogP contribution in [0.15, 0.2) is 12.7 Å². The minimum atomic E-state index is 0.0307. The van der Waals surface area contributed by atoms with Crippen LogP contribution in [0.4, 0.5) is 0 Å². The quantitative estimate of drug-likeness (QED) is 0.585. The van der Waals surface area contributed by atoms with E-state index >= 15 is 0 Å². The van der Waals surface area contributed by atoms with Crippen LogP contribution in [0.2, 0.25) is 0 Å². The molecule has 0 heterocycles. The highest BCUT2D eigenvalue weighted by atomic mass is 14.7. The molecule has 0 radical (unpaired) electrons. The SMILES string of the molecule is C=CCCC(C)(N)CCC. The first-order valence-electron chi connectivity index (χ1n) is 4.02. The van der Waals surface area contributed by atoms with Gasteiger partial charge in [0.2, 0.25) is 0 Å². The van der Waals surface area contributed by atoms with Gasteiger partial charge in [-0.05, 0) is 26.2 Å². The topological polar surface area (TPSA) is 26.0 Å². The Morgan fingerprint density at radius 3 is 2.50 bits per heavy atom. The monoisotopic (exact) mass is 141 g/mol. The fourth-order valence-electron chi connectivity index (χ4n) is 1.13. The molecule has 60 valence electrons. The maximum absolute atomic E-state index is 5.97. The van der Waals surface area contributed by atoms with E-state index < -0.39 is 0 Å². The summed E-state index contributed by atoms with van der Waals surface area (Å²) in [5.41, 5.74) is 6.00. The van der Waals surface area contributed by atoms with Crippen molar-refractivity contribution in [1.29, 1.82) is 0 Å². The zero-order valence-electron chi connectivity index (χ0n) is 7.19. The lowest BCUT2D eigenvalue weighted by Gasteiger charge is -2.22. The molecule has 0 aromatic rings. The molecule has 1 unspecified atom stereocenters. The fraction of sp³-hybridized carbons (Fsp3) is 0.778. The van der Waals surface area contributed by atoms with Crippen LogP contribution in [-0.2, 0) is 0 Å². The smallest absolute Gasteiger partial charge is 0.0128 e. The fourth-order valence-corrected chi connectivity index (χ4v) is 1.13. The van der Waals surface area contributed by atoms with E-state index in [1.807, 2.05) is 6.08 Å². The van der Waals surface area contributed by atoms with Crippen LogP contribution in [0.1, 0.15) is 39.5 Å². The van der Waals surface area contributed by atoms with Crippen molar-refractivity contribution in [3.05, 3.63) is 12.7 Å². The molecule has 0 rings (SSSR count). The van der Waals surface area contributed by atoms with Crippen molar-refractivity contribution in [3.8, 4) is 0 Å². The number of hydrogen-bond acceptors (Lipinski definition) is 1. The van der Waals surface area contributed by atoms with Gasteiger partial charge in [-0.1, -0.05) is 19.4 Å². The summed E-state index contributed by atoms with van der Waals surface area (Å²) in [6, 6.07) is 0. The Balaban J connectivity index is 3.51. The van der Waals surface area contributed by atoms with E-state index in [0.717, 1.165) is 19.3 Å². The second-order valence-corrected chi connectivity index (χ2v) is 3.23. The maximum Gasteiger partial charge on any atom is 0.0128 e. The average Bonchev–Trinajstić information content (AvgIpc) is 1.84. The molecular weight excluding hydrogens is 122 g/mol. The third kappa shape index (κ3) is 4.57. The van der Waals surface area contributed by atoms with Gasteiger partial charge >= 0.3 is 0 Å². The van der Waals surface area contributed by atoms with Crippen LogP contribution in [0, 0.1) is 0 Å². The van der Waals surface area contributed by atoms with Crippen molar-refractivity contribution in [1.82, 2.24) is 0 Å². The predicted molar refractivity (Wildman–Crippen MR) is 46.9 cm³/mol. The van der Waals surface area contributed by atoms with Gasteiger partial charge in [-0.2, -0.15) is 0 Å². The summed E-state index contributed by atoms with van der Waals surface area (Å²) >= 11 is 0. The third-order valence-electron chi connectivity index (χ3n) is 1.74. The van der Waals surface area contributed by atoms with E-state index in [1.165, 1.54) is 6.42 Å². The first kappa shape index (κ1) is 9.70. The molecule has 0 aliphatic rings. The molecule has 1 nitrogen and oxygen atoms in total. The molecule has 10 heavy (non-hydrogen) atoms. The number of rotatable bonds is 5. The minimum Gasteiger partial charge on any atom is -0.325 e.